The van der Waals surface area contributed by atoms with Crippen molar-refractivity contribution in [2.75, 3.05) is 5.32 Å². The summed E-state index contributed by atoms with van der Waals surface area (Å²) in [5, 5.41) is 7.62. The summed E-state index contributed by atoms with van der Waals surface area (Å²) in [7, 11) is 0. The number of carbonyl (C=O) groups is 1. The fourth-order valence-corrected chi connectivity index (χ4v) is 2.76. The van der Waals surface area contributed by atoms with Gasteiger partial charge in [0.2, 0.25) is 5.91 Å². The molecule has 3 rings (SSSR count). The number of carbonyl (C=O) groups excluding carboxylic acids is 1. The zero-order valence-corrected chi connectivity index (χ0v) is 13.7. The Labute approximate surface area is 140 Å². The lowest BCUT2D eigenvalue weighted by molar-refractivity contribution is -0.120. The minimum absolute atomic E-state index is 0.127. The number of nitrogens with one attached hydrogen (secondary N) is 1. The normalized spacial score (nSPS) is 19.9. The van der Waals surface area contributed by atoms with Gasteiger partial charge in [-0.1, -0.05) is 47.1 Å². The maximum atomic E-state index is 12.7. The Kier molecular flexibility index (Phi) is 4.35. The van der Waals surface area contributed by atoms with Crippen LogP contribution in [0.2, 0.25) is 5.02 Å². The fourth-order valence-electron chi connectivity index (χ4n) is 2.63. The summed E-state index contributed by atoms with van der Waals surface area (Å²) < 4.78 is 0. The Bertz CT molecular complexity index is 756. The van der Waals surface area contributed by atoms with Gasteiger partial charge in [0.1, 0.15) is 5.92 Å². The van der Waals surface area contributed by atoms with E-state index in [0.717, 1.165) is 16.8 Å². The van der Waals surface area contributed by atoms with Crippen LogP contribution in [0.1, 0.15) is 24.2 Å². The molecule has 1 aliphatic heterocycles. The first-order chi connectivity index (χ1) is 11.1. The van der Waals surface area contributed by atoms with E-state index in [9.17, 15) is 4.79 Å². The maximum Gasteiger partial charge on any atom is 0.237 e. The zero-order valence-electron chi connectivity index (χ0n) is 12.9. The first-order valence-electron chi connectivity index (χ1n) is 7.38. The molecular formula is C18H17ClN2O2. The molecule has 1 heterocycles. The number of para-hydroxylation sites is 1. The van der Waals surface area contributed by atoms with Crippen LogP contribution >= 0.6 is 11.6 Å². The highest BCUT2D eigenvalue weighted by Gasteiger charge is 2.38. The van der Waals surface area contributed by atoms with Crippen molar-refractivity contribution in [2.45, 2.75) is 20.0 Å². The second-order valence-electron chi connectivity index (χ2n) is 5.59. The third-order valence-corrected chi connectivity index (χ3v) is 4.20. The van der Waals surface area contributed by atoms with Gasteiger partial charge >= 0.3 is 0 Å². The summed E-state index contributed by atoms with van der Waals surface area (Å²) in [6, 6.07) is 14.9. The minimum Gasteiger partial charge on any atom is -0.386 e. The highest BCUT2D eigenvalue weighted by atomic mass is 35.5. The number of amides is 1. The molecule has 0 fully saturated rings. The highest BCUT2D eigenvalue weighted by molar-refractivity contribution is 6.30. The molecule has 0 aliphatic carbocycles. The fraction of sp³-hybridized carbons (Fsp3) is 0.222. The van der Waals surface area contributed by atoms with E-state index in [2.05, 4.69) is 10.5 Å². The number of oxime groups is 1. The van der Waals surface area contributed by atoms with Crippen molar-refractivity contribution >= 4 is 28.9 Å². The van der Waals surface area contributed by atoms with E-state index in [4.69, 9.17) is 16.4 Å². The van der Waals surface area contributed by atoms with Gasteiger partial charge < -0.3 is 10.2 Å². The van der Waals surface area contributed by atoms with Gasteiger partial charge in [-0.15, -0.1) is 0 Å². The molecule has 0 saturated heterocycles. The topological polar surface area (TPSA) is 50.7 Å². The second-order valence-corrected chi connectivity index (χ2v) is 6.03. The minimum atomic E-state index is -0.462. The molecule has 0 aromatic heterocycles. The number of halogens is 1. The van der Waals surface area contributed by atoms with Gasteiger partial charge in [0.05, 0.1) is 5.71 Å². The van der Waals surface area contributed by atoms with E-state index in [1.807, 2.05) is 43.3 Å². The van der Waals surface area contributed by atoms with Crippen molar-refractivity contribution in [3.63, 3.8) is 0 Å². The molecular weight excluding hydrogens is 312 g/mol. The molecule has 1 aliphatic rings. The number of anilines is 1. The summed E-state index contributed by atoms with van der Waals surface area (Å²) in [5.74, 6) is -0.589. The Morgan fingerprint density at radius 3 is 2.52 bits per heavy atom. The van der Waals surface area contributed by atoms with Crippen LogP contribution in [0.25, 0.3) is 0 Å². The SMILES string of the molecule is CC1=NOC(c2ccc(Cl)cc2)C1C(=O)Nc1ccccc1C. The molecule has 0 bridgehead atoms. The van der Waals surface area contributed by atoms with Gasteiger partial charge in [-0.3, -0.25) is 4.79 Å². The zero-order chi connectivity index (χ0) is 16.4. The molecule has 5 heteroatoms. The van der Waals surface area contributed by atoms with E-state index in [-0.39, 0.29) is 5.91 Å². The van der Waals surface area contributed by atoms with Crippen molar-refractivity contribution in [1.82, 2.24) is 0 Å². The van der Waals surface area contributed by atoms with Gasteiger partial charge in [-0.25, -0.2) is 0 Å². The number of hydrogen-bond acceptors (Lipinski definition) is 3. The van der Waals surface area contributed by atoms with Gasteiger partial charge in [0.15, 0.2) is 6.10 Å². The molecule has 1 N–H and O–H groups in total. The van der Waals surface area contributed by atoms with Crippen LogP contribution in [0.5, 0.6) is 0 Å². The molecule has 4 nitrogen and oxygen atoms in total. The van der Waals surface area contributed by atoms with Crippen molar-refractivity contribution < 1.29 is 9.63 Å². The second kappa shape index (κ2) is 6.42. The Morgan fingerprint density at radius 1 is 1.13 bits per heavy atom. The average Bonchev–Trinajstić information content (AvgIpc) is 2.92. The van der Waals surface area contributed by atoms with E-state index >= 15 is 0 Å². The van der Waals surface area contributed by atoms with Crippen molar-refractivity contribution in [3.05, 3.63) is 64.7 Å². The highest BCUT2D eigenvalue weighted by Crippen LogP contribution is 2.34. The molecule has 2 atom stereocenters. The van der Waals surface area contributed by atoms with Crippen LogP contribution in [0.4, 0.5) is 5.69 Å². The Balaban J connectivity index is 1.83. The predicted octanol–water partition coefficient (Wildman–Crippen LogP) is 4.35. The van der Waals surface area contributed by atoms with Crippen molar-refractivity contribution in [2.24, 2.45) is 11.1 Å². The molecule has 0 spiro atoms. The summed E-state index contributed by atoms with van der Waals surface area (Å²) in [6.07, 6.45) is -0.434. The van der Waals surface area contributed by atoms with Crippen LogP contribution in [-0.4, -0.2) is 11.6 Å². The van der Waals surface area contributed by atoms with Crippen LogP contribution in [0.3, 0.4) is 0 Å². The number of rotatable bonds is 3. The standard InChI is InChI=1S/C18H17ClN2O2/c1-11-5-3-4-6-15(11)20-18(22)16-12(2)21-23-17(16)13-7-9-14(19)10-8-13/h3-10,16-17H,1-2H3,(H,20,22). The van der Waals surface area contributed by atoms with E-state index in [0.29, 0.717) is 10.7 Å². The van der Waals surface area contributed by atoms with E-state index < -0.39 is 12.0 Å². The number of hydrogen-bond donors (Lipinski definition) is 1. The monoisotopic (exact) mass is 328 g/mol. The molecule has 118 valence electrons. The Hall–Kier alpha value is -2.33. The molecule has 23 heavy (non-hydrogen) atoms. The summed E-state index contributed by atoms with van der Waals surface area (Å²) in [6.45, 7) is 3.76. The predicted molar refractivity (Wildman–Crippen MR) is 91.7 cm³/mol. The van der Waals surface area contributed by atoms with E-state index in [1.165, 1.54) is 0 Å². The van der Waals surface area contributed by atoms with Gasteiger partial charge in [0.25, 0.3) is 0 Å². The maximum absolute atomic E-state index is 12.7. The molecule has 2 aromatic rings. The molecule has 0 radical (unpaired) electrons. The lowest BCUT2D eigenvalue weighted by Gasteiger charge is -2.18. The van der Waals surface area contributed by atoms with Crippen LogP contribution < -0.4 is 5.32 Å². The average molecular weight is 329 g/mol. The first-order valence-corrected chi connectivity index (χ1v) is 7.76. The van der Waals surface area contributed by atoms with Crippen molar-refractivity contribution in [1.29, 1.82) is 0 Å². The molecule has 2 unspecified atom stereocenters. The largest absolute Gasteiger partial charge is 0.386 e. The van der Waals surface area contributed by atoms with Crippen LogP contribution in [0, 0.1) is 12.8 Å². The number of nitrogens with zero attached hydrogens (tertiary/aromatic N) is 1. The lowest BCUT2D eigenvalue weighted by Crippen LogP contribution is -2.30. The third kappa shape index (κ3) is 3.22. The first kappa shape index (κ1) is 15.6. The number of aryl methyl sites for hydroxylation is 1. The van der Waals surface area contributed by atoms with Gasteiger partial charge in [-0.05, 0) is 43.2 Å². The summed E-state index contributed by atoms with van der Waals surface area (Å²) >= 11 is 5.92. The van der Waals surface area contributed by atoms with Crippen LogP contribution in [-0.2, 0) is 9.63 Å². The molecule has 0 saturated carbocycles. The quantitative estimate of drug-likeness (QED) is 0.910. The van der Waals surface area contributed by atoms with Gasteiger partial charge in [0, 0.05) is 10.7 Å². The summed E-state index contributed by atoms with van der Waals surface area (Å²) in [5.41, 5.74) is 3.35. The van der Waals surface area contributed by atoms with Crippen molar-refractivity contribution in [3.8, 4) is 0 Å². The van der Waals surface area contributed by atoms with E-state index in [1.54, 1.807) is 19.1 Å². The lowest BCUT2D eigenvalue weighted by atomic mass is 9.92. The van der Waals surface area contributed by atoms with Crippen LogP contribution in [0.15, 0.2) is 53.7 Å². The Morgan fingerprint density at radius 2 is 1.83 bits per heavy atom. The summed E-state index contributed by atoms with van der Waals surface area (Å²) in [4.78, 5) is 18.2. The smallest absolute Gasteiger partial charge is 0.237 e. The molecule has 1 amide bonds. The number of benzene rings is 2. The van der Waals surface area contributed by atoms with Gasteiger partial charge in [-0.2, -0.15) is 0 Å². The molecule has 2 aromatic carbocycles. The third-order valence-electron chi connectivity index (χ3n) is 3.95.